The molecule has 1 atom stereocenters. The smallest absolute Gasteiger partial charge is 0.408 e. The van der Waals surface area contributed by atoms with Crippen LogP contribution in [0.4, 0.5) is 13.6 Å². The molecule has 7 nitrogen and oxygen atoms in total. The Morgan fingerprint density at radius 1 is 1.24 bits per heavy atom. The van der Waals surface area contributed by atoms with Crippen LogP contribution in [-0.2, 0) is 21.0 Å². The Balaban J connectivity index is 2.47. The number of carbonyl (C=O) groups excluding carboxylic acids is 1. The third kappa shape index (κ3) is 7.00. The molecule has 11 heteroatoms. The van der Waals surface area contributed by atoms with E-state index in [0.29, 0.717) is 4.47 Å². The van der Waals surface area contributed by atoms with E-state index in [0.717, 1.165) is 24.5 Å². The average Bonchev–Trinajstić information content (AvgIpc) is 2.50. The molecule has 2 rings (SSSR count). The molecule has 29 heavy (non-hydrogen) atoms. The minimum Gasteiger partial charge on any atom is -0.444 e. The van der Waals surface area contributed by atoms with Crippen molar-refractivity contribution in [1.82, 2.24) is 15.3 Å². The molecule has 1 N–H and O–H groups in total. The Labute approximate surface area is 175 Å². The molecule has 1 heterocycles. The molecule has 1 aromatic heterocycles. The van der Waals surface area contributed by atoms with Gasteiger partial charge in [0.25, 0.3) is 0 Å². The second kappa shape index (κ2) is 8.70. The lowest BCUT2D eigenvalue weighted by atomic mass is 10.0. The maximum atomic E-state index is 13.6. The van der Waals surface area contributed by atoms with Gasteiger partial charge in [0.1, 0.15) is 17.2 Å². The van der Waals surface area contributed by atoms with Gasteiger partial charge in [0.15, 0.2) is 0 Å². The van der Waals surface area contributed by atoms with Gasteiger partial charge in [-0.05, 0) is 60.8 Å². The van der Waals surface area contributed by atoms with Crippen LogP contribution < -0.4 is 5.32 Å². The van der Waals surface area contributed by atoms with Crippen molar-refractivity contribution in [3.63, 3.8) is 0 Å². The van der Waals surface area contributed by atoms with Crippen molar-refractivity contribution in [1.29, 1.82) is 0 Å². The predicted octanol–water partition coefficient (Wildman–Crippen LogP) is 3.73. The van der Waals surface area contributed by atoms with Gasteiger partial charge in [-0.25, -0.2) is 32.0 Å². The van der Waals surface area contributed by atoms with Crippen LogP contribution in [0.3, 0.4) is 0 Å². The molecular formula is C18H20BrF2N3O4S. The van der Waals surface area contributed by atoms with Crippen molar-refractivity contribution in [2.24, 2.45) is 0 Å². The van der Waals surface area contributed by atoms with Crippen LogP contribution in [0.15, 0.2) is 34.0 Å². The number of aromatic nitrogens is 2. The molecule has 0 unspecified atom stereocenters. The summed E-state index contributed by atoms with van der Waals surface area (Å²) in [6.45, 7) is 5.02. The second-order valence-corrected chi connectivity index (χ2v) is 10.1. The number of nitrogens with one attached hydrogen (secondary N) is 1. The topological polar surface area (TPSA) is 98.2 Å². The van der Waals surface area contributed by atoms with E-state index in [2.05, 4.69) is 31.2 Å². The predicted molar refractivity (Wildman–Crippen MR) is 105 cm³/mol. The van der Waals surface area contributed by atoms with Gasteiger partial charge in [-0.3, -0.25) is 0 Å². The number of alkyl carbamates (subject to hydrolysis) is 1. The number of hydrogen-bond donors (Lipinski definition) is 1. The van der Waals surface area contributed by atoms with Gasteiger partial charge < -0.3 is 10.1 Å². The Bertz CT molecular complexity index is 1010. The van der Waals surface area contributed by atoms with Crippen LogP contribution >= 0.6 is 15.9 Å². The Morgan fingerprint density at radius 2 is 1.83 bits per heavy atom. The maximum Gasteiger partial charge on any atom is 0.408 e. The first-order valence-electron chi connectivity index (χ1n) is 8.41. The van der Waals surface area contributed by atoms with Crippen molar-refractivity contribution >= 4 is 31.9 Å². The van der Waals surface area contributed by atoms with Crippen LogP contribution in [0, 0.1) is 11.6 Å². The molecular weight excluding hydrogens is 472 g/mol. The number of carbonyl (C=O) groups is 1. The number of rotatable bonds is 5. The second-order valence-electron chi connectivity index (χ2n) is 7.34. The van der Waals surface area contributed by atoms with Gasteiger partial charge >= 0.3 is 6.09 Å². The molecule has 0 radical (unpaired) electrons. The molecule has 0 spiro atoms. The molecule has 0 aliphatic rings. The number of nitrogens with zero attached hydrogens (tertiary/aromatic N) is 2. The fraction of sp³-hybridized carbons (Fsp3) is 0.389. The summed E-state index contributed by atoms with van der Waals surface area (Å²) in [5.74, 6) is -1.57. The molecule has 0 saturated heterocycles. The van der Waals surface area contributed by atoms with Crippen molar-refractivity contribution in [2.45, 2.75) is 44.0 Å². The minimum absolute atomic E-state index is 0.0766. The first-order chi connectivity index (χ1) is 13.2. The molecule has 1 aromatic carbocycles. The highest BCUT2D eigenvalue weighted by molar-refractivity contribution is 9.10. The van der Waals surface area contributed by atoms with Crippen molar-refractivity contribution in [2.75, 3.05) is 6.26 Å². The lowest BCUT2D eigenvalue weighted by molar-refractivity contribution is 0.0502. The van der Waals surface area contributed by atoms with Crippen LogP contribution in [0.25, 0.3) is 0 Å². The first kappa shape index (κ1) is 23.1. The lowest BCUT2D eigenvalue weighted by Crippen LogP contribution is -2.36. The Kier molecular flexibility index (Phi) is 6.94. The van der Waals surface area contributed by atoms with Crippen LogP contribution in [0.2, 0.25) is 0 Å². The maximum absolute atomic E-state index is 13.6. The zero-order chi connectivity index (χ0) is 22.0. The third-order valence-corrected chi connectivity index (χ3v) is 4.93. The molecule has 1 amide bonds. The van der Waals surface area contributed by atoms with Gasteiger partial charge in [-0.1, -0.05) is 0 Å². The molecule has 158 valence electrons. The fourth-order valence-corrected chi connectivity index (χ4v) is 3.39. The number of amides is 1. The number of ether oxygens (including phenoxy) is 1. The van der Waals surface area contributed by atoms with E-state index >= 15 is 0 Å². The quantitative estimate of drug-likeness (QED) is 0.639. The van der Waals surface area contributed by atoms with Crippen molar-refractivity contribution < 1.29 is 26.7 Å². The minimum atomic E-state index is -3.73. The highest BCUT2D eigenvalue weighted by Crippen LogP contribution is 2.26. The Hall–Kier alpha value is -2.14. The number of halogens is 3. The molecule has 0 aliphatic carbocycles. The zero-order valence-electron chi connectivity index (χ0n) is 16.2. The summed E-state index contributed by atoms with van der Waals surface area (Å²) in [4.78, 5) is 20.1. The van der Waals surface area contributed by atoms with Crippen LogP contribution in [0.5, 0.6) is 0 Å². The highest BCUT2D eigenvalue weighted by atomic mass is 79.9. The summed E-state index contributed by atoms with van der Waals surface area (Å²) in [6.07, 6.45) is 1.30. The monoisotopic (exact) mass is 491 g/mol. The Morgan fingerprint density at radius 3 is 2.34 bits per heavy atom. The summed E-state index contributed by atoms with van der Waals surface area (Å²) >= 11 is 3.23. The summed E-state index contributed by atoms with van der Waals surface area (Å²) in [7, 11) is -3.73. The summed E-state index contributed by atoms with van der Waals surface area (Å²) < 4.78 is 56.4. The van der Waals surface area contributed by atoms with Crippen molar-refractivity contribution in [3.05, 3.63) is 51.8 Å². The van der Waals surface area contributed by atoms with Crippen LogP contribution in [0.1, 0.15) is 38.1 Å². The largest absolute Gasteiger partial charge is 0.444 e. The number of benzene rings is 1. The molecule has 0 saturated carbocycles. The summed E-state index contributed by atoms with van der Waals surface area (Å²) in [5, 5.41) is 2.13. The third-order valence-electron chi connectivity index (χ3n) is 3.46. The molecule has 2 aromatic rings. The zero-order valence-corrected chi connectivity index (χ0v) is 18.6. The van der Waals surface area contributed by atoms with E-state index in [1.165, 1.54) is 6.20 Å². The van der Waals surface area contributed by atoms with E-state index in [9.17, 15) is 22.0 Å². The number of hydrogen-bond acceptors (Lipinski definition) is 6. The van der Waals surface area contributed by atoms with E-state index in [1.807, 2.05) is 0 Å². The standard InChI is InChI=1S/C18H20BrF2N3O4S/c1-18(2,3)28-17(25)23-14(7-10-5-11(20)8-12(21)6-10)15-13(19)9-22-16(24-15)29(4,26)27/h5-6,8-9,14H,7H2,1-4H3,(H,23,25)/t14-/m0/s1. The first-order valence-corrected chi connectivity index (χ1v) is 11.1. The average molecular weight is 492 g/mol. The number of sulfone groups is 1. The fourth-order valence-electron chi connectivity index (χ4n) is 2.42. The van der Waals surface area contributed by atoms with Gasteiger partial charge in [0, 0.05) is 18.5 Å². The van der Waals surface area contributed by atoms with E-state index in [1.54, 1.807) is 20.8 Å². The van der Waals surface area contributed by atoms with Crippen LogP contribution in [-0.4, -0.2) is 36.3 Å². The lowest BCUT2D eigenvalue weighted by Gasteiger charge is -2.24. The van der Waals surface area contributed by atoms with Gasteiger partial charge in [0.2, 0.25) is 15.0 Å². The molecule has 0 bridgehead atoms. The van der Waals surface area contributed by atoms with Crippen molar-refractivity contribution in [3.8, 4) is 0 Å². The summed E-state index contributed by atoms with van der Waals surface area (Å²) in [6, 6.07) is 1.99. The summed E-state index contributed by atoms with van der Waals surface area (Å²) in [5.41, 5.74) is -0.439. The SMILES string of the molecule is CC(C)(C)OC(=O)N[C@@H](Cc1cc(F)cc(F)c1)c1nc(S(C)(=O)=O)ncc1Br. The normalized spacial score (nSPS) is 13.1. The van der Waals surface area contributed by atoms with Gasteiger partial charge in [0.05, 0.1) is 16.2 Å². The van der Waals surface area contributed by atoms with Gasteiger partial charge in [-0.15, -0.1) is 0 Å². The van der Waals surface area contributed by atoms with Gasteiger partial charge in [-0.2, -0.15) is 0 Å². The highest BCUT2D eigenvalue weighted by Gasteiger charge is 2.25. The van der Waals surface area contributed by atoms with E-state index < -0.39 is 44.4 Å². The molecule has 0 fully saturated rings. The molecule has 0 aliphatic heterocycles. The van der Waals surface area contributed by atoms with E-state index in [4.69, 9.17) is 4.74 Å². The van der Waals surface area contributed by atoms with E-state index in [-0.39, 0.29) is 17.7 Å².